The van der Waals surface area contributed by atoms with Crippen LogP contribution in [0.5, 0.6) is 5.75 Å². The summed E-state index contributed by atoms with van der Waals surface area (Å²) in [4.78, 5) is 0. The molecule has 18 heavy (non-hydrogen) atoms. The fourth-order valence-corrected chi connectivity index (χ4v) is 1.74. The highest BCUT2D eigenvalue weighted by Gasteiger charge is 1.99. The van der Waals surface area contributed by atoms with Crippen molar-refractivity contribution in [2.75, 3.05) is 7.05 Å². The maximum absolute atomic E-state index is 13.0. The Balaban J connectivity index is 1.99. The summed E-state index contributed by atoms with van der Waals surface area (Å²) in [7, 11) is 1.90. The smallest absolute Gasteiger partial charge is 0.123 e. The van der Waals surface area contributed by atoms with Crippen LogP contribution in [0.15, 0.2) is 48.5 Å². The van der Waals surface area contributed by atoms with Gasteiger partial charge in [0.25, 0.3) is 0 Å². The molecule has 3 heteroatoms. The van der Waals surface area contributed by atoms with Crippen LogP contribution >= 0.6 is 0 Å². The summed E-state index contributed by atoms with van der Waals surface area (Å²) in [5.74, 6) is 0.562. The molecule has 1 N–H and O–H groups in total. The molecular weight excluding hydrogens is 229 g/mol. The van der Waals surface area contributed by atoms with Crippen LogP contribution < -0.4 is 10.1 Å². The van der Waals surface area contributed by atoms with Gasteiger partial charge in [-0.25, -0.2) is 4.39 Å². The fraction of sp³-hybridized carbons (Fsp3) is 0.200. The quantitative estimate of drug-likeness (QED) is 0.873. The van der Waals surface area contributed by atoms with Crippen LogP contribution in [0.2, 0.25) is 0 Å². The van der Waals surface area contributed by atoms with E-state index >= 15 is 0 Å². The zero-order valence-corrected chi connectivity index (χ0v) is 10.3. The standard InChI is InChI=1S/C15H16FNO/c1-17-10-12-4-3-7-15(9-12)18-11-13-5-2-6-14(16)8-13/h2-9,17H,10-11H2,1H3. The maximum Gasteiger partial charge on any atom is 0.123 e. The predicted molar refractivity (Wildman–Crippen MR) is 69.9 cm³/mol. The van der Waals surface area contributed by atoms with Crippen molar-refractivity contribution in [1.29, 1.82) is 0 Å². The number of halogens is 1. The second kappa shape index (κ2) is 6.17. The van der Waals surface area contributed by atoms with Crippen LogP contribution in [0, 0.1) is 5.82 Å². The first kappa shape index (κ1) is 12.6. The van der Waals surface area contributed by atoms with E-state index in [-0.39, 0.29) is 5.82 Å². The molecule has 0 saturated heterocycles. The van der Waals surface area contributed by atoms with Gasteiger partial charge in [-0.1, -0.05) is 24.3 Å². The third kappa shape index (κ3) is 3.57. The lowest BCUT2D eigenvalue weighted by molar-refractivity contribution is 0.305. The molecule has 2 nitrogen and oxygen atoms in total. The molecule has 0 aliphatic carbocycles. The average Bonchev–Trinajstić information content (AvgIpc) is 2.37. The molecule has 94 valence electrons. The van der Waals surface area contributed by atoms with E-state index in [0.717, 1.165) is 23.4 Å². The van der Waals surface area contributed by atoms with Crippen molar-refractivity contribution in [3.05, 3.63) is 65.5 Å². The lowest BCUT2D eigenvalue weighted by atomic mass is 10.2. The SMILES string of the molecule is CNCc1cccc(OCc2cccc(F)c2)c1. The van der Waals surface area contributed by atoms with Gasteiger partial charge in [0.05, 0.1) is 0 Å². The molecule has 0 saturated carbocycles. The monoisotopic (exact) mass is 245 g/mol. The van der Waals surface area contributed by atoms with Crippen LogP contribution in [0.1, 0.15) is 11.1 Å². The van der Waals surface area contributed by atoms with E-state index in [1.54, 1.807) is 6.07 Å². The molecule has 0 unspecified atom stereocenters. The van der Waals surface area contributed by atoms with Gasteiger partial charge < -0.3 is 10.1 Å². The van der Waals surface area contributed by atoms with E-state index in [1.807, 2.05) is 37.4 Å². The molecule has 0 aliphatic rings. The Bertz CT molecular complexity index is 513. The summed E-state index contributed by atoms with van der Waals surface area (Å²) in [6.45, 7) is 1.18. The van der Waals surface area contributed by atoms with E-state index in [0.29, 0.717) is 6.61 Å². The number of benzene rings is 2. The van der Waals surface area contributed by atoms with Gasteiger partial charge in [-0.15, -0.1) is 0 Å². The normalized spacial score (nSPS) is 10.3. The van der Waals surface area contributed by atoms with Gasteiger partial charge in [0.15, 0.2) is 0 Å². The number of hydrogen-bond acceptors (Lipinski definition) is 2. The first-order valence-electron chi connectivity index (χ1n) is 5.89. The molecule has 0 bridgehead atoms. The number of ether oxygens (including phenoxy) is 1. The Kier molecular flexibility index (Phi) is 4.31. The molecule has 0 amide bonds. The molecule has 0 radical (unpaired) electrons. The zero-order chi connectivity index (χ0) is 12.8. The van der Waals surface area contributed by atoms with E-state index in [2.05, 4.69) is 5.32 Å². The van der Waals surface area contributed by atoms with Gasteiger partial charge in [-0.2, -0.15) is 0 Å². The number of rotatable bonds is 5. The van der Waals surface area contributed by atoms with Gasteiger partial charge in [0.2, 0.25) is 0 Å². The minimum Gasteiger partial charge on any atom is -0.489 e. The van der Waals surface area contributed by atoms with Crippen molar-refractivity contribution in [3.63, 3.8) is 0 Å². The summed E-state index contributed by atoms with van der Waals surface area (Å²) < 4.78 is 18.6. The van der Waals surface area contributed by atoms with Gasteiger partial charge in [0, 0.05) is 6.54 Å². The first-order valence-corrected chi connectivity index (χ1v) is 5.89. The Morgan fingerprint density at radius 1 is 1.06 bits per heavy atom. The lowest BCUT2D eigenvalue weighted by Crippen LogP contribution is -2.05. The summed E-state index contributed by atoms with van der Waals surface area (Å²) >= 11 is 0. The maximum atomic E-state index is 13.0. The Morgan fingerprint density at radius 3 is 2.61 bits per heavy atom. The Labute approximate surface area is 106 Å². The number of hydrogen-bond donors (Lipinski definition) is 1. The van der Waals surface area contributed by atoms with Gasteiger partial charge in [-0.3, -0.25) is 0 Å². The third-order valence-corrected chi connectivity index (χ3v) is 2.57. The molecule has 0 aliphatic heterocycles. The molecular formula is C15H16FNO. The fourth-order valence-electron chi connectivity index (χ4n) is 1.74. The minimum atomic E-state index is -0.236. The molecule has 0 heterocycles. The largest absolute Gasteiger partial charge is 0.489 e. The van der Waals surface area contributed by atoms with Crippen molar-refractivity contribution >= 4 is 0 Å². The second-order valence-corrected chi connectivity index (χ2v) is 4.10. The van der Waals surface area contributed by atoms with Crippen LogP contribution in [-0.4, -0.2) is 7.05 Å². The van der Waals surface area contributed by atoms with Crippen LogP contribution in [0.3, 0.4) is 0 Å². The highest BCUT2D eigenvalue weighted by atomic mass is 19.1. The molecule has 2 aromatic rings. The van der Waals surface area contributed by atoms with Gasteiger partial charge in [-0.05, 0) is 42.4 Å². The second-order valence-electron chi connectivity index (χ2n) is 4.10. The van der Waals surface area contributed by atoms with E-state index in [1.165, 1.54) is 12.1 Å². The molecule has 2 aromatic carbocycles. The minimum absolute atomic E-state index is 0.236. The number of nitrogens with one attached hydrogen (secondary N) is 1. The molecule has 2 rings (SSSR count). The lowest BCUT2D eigenvalue weighted by Gasteiger charge is -2.08. The van der Waals surface area contributed by atoms with Crippen LogP contribution in [0.25, 0.3) is 0 Å². The zero-order valence-electron chi connectivity index (χ0n) is 10.3. The van der Waals surface area contributed by atoms with Crippen LogP contribution in [0.4, 0.5) is 4.39 Å². The Hall–Kier alpha value is -1.87. The summed E-state index contributed by atoms with van der Waals surface area (Å²) in [5, 5.41) is 3.09. The molecule has 0 fully saturated rings. The molecule has 0 aromatic heterocycles. The van der Waals surface area contributed by atoms with Crippen molar-refractivity contribution in [2.24, 2.45) is 0 Å². The average molecular weight is 245 g/mol. The van der Waals surface area contributed by atoms with Crippen molar-refractivity contribution in [1.82, 2.24) is 5.32 Å². The van der Waals surface area contributed by atoms with E-state index in [4.69, 9.17) is 4.74 Å². The molecule has 0 spiro atoms. The topological polar surface area (TPSA) is 21.3 Å². The first-order chi connectivity index (χ1) is 8.78. The van der Waals surface area contributed by atoms with Crippen LogP contribution in [-0.2, 0) is 13.2 Å². The third-order valence-electron chi connectivity index (χ3n) is 2.57. The van der Waals surface area contributed by atoms with E-state index in [9.17, 15) is 4.39 Å². The van der Waals surface area contributed by atoms with E-state index < -0.39 is 0 Å². The summed E-state index contributed by atoms with van der Waals surface area (Å²) in [6, 6.07) is 14.3. The van der Waals surface area contributed by atoms with Crippen molar-refractivity contribution in [3.8, 4) is 5.75 Å². The highest BCUT2D eigenvalue weighted by Crippen LogP contribution is 2.15. The Morgan fingerprint density at radius 2 is 1.83 bits per heavy atom. The van der Waals surface area contributed by atoms with Crippen molar-refractivity contribution < 1.29 is 9.13 Å². The highest BCUT2D eigenvalue weighted by molar-refractivity contribution is 5.29. The molecule has 0 atom stereocenters. The van der Waals surface area contributed by atoms with Crippen molar-refractivity contribution in [2.45, 2.75) is 13.2 Å². The summed E-state index contributed by atoms with van der Waals surface area (Å²) in [6.07, 6.45) is 0. The predicted octanol–water partition coefficient (Wildman–Crippen LogP) is 3.12. The van der Waals surface area contributed by atoms with Gasteiger partial charge >= 0.3 is 0 Å². The van der Waals surface area contributed by atoms with Gasteiger partial charge in [0.1, 0.15) is 18.2 Å². The summed E-state index contributed by atoms with van der Waals surface area (Å²) in [5.41, 5.74) is 1.99.